The molecule has 100 valence electrons. The first-order chi connectivity index (χ1) is 9.83. The van der Waals surface area contributed by atoms with E-state index >= 15 is 0 Å². The summed E-state index contributed by atoms with van der Waals surface area (Å²) in [6.45, 7) is 0. The highest BCUT2D eigenvalue weighted by atomic mass is 32.2. The van der Waals surface area contributed by atoms with E-state index in [2.05, 4.69) is 15.0 Å². The SMILES string of the molecule is O=S(CC=Cc1ccccc1)c1nc2ccncc2[nH]1. The van der Waals surface area contributed by atoms with Crippen LogP contribution < -0.4 is 0 Å². The number of hydrogen-bond donors (Lipinski definition) is 1. The number of H-pyrrole nitrogens is 1. The van der Waals surface area contributed by atoms with Gasteiger partial charge >= 0.3 is 0 Å². The highest BCUT2D eigenvalue weighted by molar-refractivity contribution is 7.85. The molecule has 0 amide bonds. The fourth-order valence-electron chi connectivity index (χ4n) is 1.86. The predicted octanol–water partition coefficient (Wildman–Crippen LogP) is 2.78. The number of rotatable bonds is 4. The van der Waals surface area contributed by atoms with Crippen molar-refractivity contribution < 1.29 is 4.21 Å². The lowest BCUT2D eigenvalue weighted by molar-refractivity contribution is 0.680. The van der Waals surface area contributed by atoms with Gasteiger partial charge in [-0.05, 0) is 11.6 Å². The van der Waals surface area contributed by atoms with E-state index in [0.717, 1.165) is 16.6 Å². The number of benzene rings is 1. The van der Waals surface area contributed by atoms with Crippen LogP contribution in [0.2, 0.25) is 0 Å². The van der Waals surface area contributed by atoms with Gasteiger partial charge in [0.15, 0.2) is 5.16 Å². The van der Waals surface area contributed by atoms with Crippen LogP contribution in [-0.4, -0.2) is 24.9 Å². The van der Waals surface area contributed by atoms with Crippen LogP contribution in [0.4, 0.5) is 0 Å². The number of aromatic nitrogens is 3. The lowest BCUT2D eigenvalue weighted by Crippen LogP contribution is -1.97. The van der Waals surface area contributed by atoms with Crippen molar-refractivity contribution in [2.24, 2.45) is 0 Å². The standard InChI is InChI=1S/C15H13N3OS/c19-20(10-4-7-12-5-2-1-3-6-12)15-17-13-8-9-16-11-14(13)18-15/h1-9,11H,10H2,(H,17,18). The Morgan fingerprint density at radius 2 is 2.05 bits per heavy atom. The van der Waals surface area contributed by atoms with Gasteiger partial charge in [-0.2, -0.15) is 0 Å². The molecule has 3 rings (SSSR count). The number of pyridine rings is 1. The Morgan fingerprint density at radius 1 is 1.20 bits per heavy atom. The number of nitrogens with zero attached hydrogens (tertiary/aromatic N) is 2. The maximum atomic E-state index is 12.2. The van der Waals surface area contributed by atoms with E-state index in [1.165, 1.54) is 0 Å². The molecule has 1 atom stereocenters. The molecule has 0 saturated heterocycles. The number of aromatic amines is 1. The van der Waals surface area contributed by atoms with E-state index in [0.29, 0.717) is 10.9 Å². The molecule has 1 N–H and O–H groups in total. The quantitative estimate of drug-likeness (QED) is 0.801. The zero-order chi connectivity index (χ0) is 13.8. The second-order valence-corrected chi connectivity index (χ2v) is 5.67. The third-order valence-electron chi connectivity index (χ3n) is 2.83. The second-order valence-electron chi connectivity index (χ2n) is 4.26. The number of hydrogen-bond acceptors (Lipinski definition) is 3. The molecule has 0 aliphatic carbocycles. The zero-order valence-corrected chi connectivity index (χ0v) is 11.5. The summed E-state index contributed by atoms with van der Waals surface area (Å²) in [6.07, 6.45) is 7.22. The second kappa shape index (κ2) is 5.79. The Kier molecular flexibility index (Phi) is 3.69. The average molecular weight is 283 g/mol. The average Bonchev–Trinajstić information content (AvgIpc) is 2.92. The molecular formula is C15H13N3OS. The Bertz CT molecular complexity index is 732. The fraction of sp³-hybridized carbons (Fsp3) is 0.0667. The van der Waals surface area contributed by atoms with Crippen molar-refractivity contribution in [3.8, 4) is 0 Å². The summed E-state index contributed by atoms with van der Waals surface area (Å²) < 4.78 is 12.2. The summed E-state index contributed by atoms with van der Waals surface area (Å²) in [5, 5.41) is 0.491. The third-order valence-corrected chi connectivity index (χ3v) is 3.95. The smallest absolute Gasteiger partial charge is 0.197 e. The molecule has 2 aromatic heterocycles. The van der Waals surface area contributed by atoms with Gasteiger partial charge in [-0.15, -0.1) is 0 Å². The lowest BCUT2D eigenvalue weighted by Gasteiger charge is -1.93. The van der Waals surface area contributed by atoms with Crippen LogP contribution in [0.15, 0.2) is 60.0 Å². The molecule has 1 aromatic carbocycles. The molecule has 0 saturated carbocycles. The Morgan fingerprint density at radius 3 is 2.85 bits per heavy atom. The first-order valence-corrected chi connectivity index (χ1v) is 7.54. The van der Waals surface area contributed by atoms with Gasteiger partial charge in [-0.3, -0.25) is 9.19 Å². The minimum absolute atomic E-state index is 0.433. The topological polar surface area (TPSA) is 58.6 Å². The highest BCUT2D eigenvalue weighted by Gasteiger charge is 2.08. The fourth-order valence-corrected chi connectivity index (χ4v) is 2.71. The maximum Gasteiger partial charge on any atom is 0.197 e. The summed E-state index contributed by atoms with van der Waals surface area (Å²) >= 11 is 0. The molecule has 0 bridgehead atoms. The Balaban J connectivity index is 1.71. The number of fused-ring (bicyclic) bond motifs is 1. The van der Waals surface area contributed by atoms with Crippen molar-refractivity contribution in [3.63, 3.8) is 0 Å². The van der Waals surface area contributed by atoms with Crippen LogP contribution in [0.3, 0.4) is 0 Å². The Labute approximate surface area is 119 Å². The monoisotopic (exact) mass is 283 g/mol. The van der Waals surface area contributed by atoms with Crippen LogP contribution in [-0.2, 0) is 10.8 Å². The Hall–Kier alpha value is -2.27. The summed E-state index contributed by atoms with van der Waals surface area (Å²) in [7, 11) is -1.17. The van der Waals surface area contributed by atoms with Crippen LogP contribution in [0, 0.1) is 0 Å². The van der Waals surface area contributed by atoms with Crippen LogP contribution in [0.25, 0.3) is 17.1 Å². The molecule has 0 radical (unpaired) electrons. The summed E-state index contributed by atoms with van der Waals surface area (Å²) in [5.41, 5.74) is 2.69. The van der Waals surface area contributed by atoms with E-state index in [-0.39, 0.29) is 0 Å². The predicted molar refractivity (Wildman–Crippen MR) is 80.6 cm³/mol. The van der Waals surface area contributed by atoms with Gasteiger partial charge in [0.1, 0.15) is 0 Å². The highest BCUT2D eigenvalue weighted by Crippen LogP contribution is 2.12. The number of imidazole rings is 1. The van der Waals surface area contributed by atoms with Crippen molar-refractivity contribution in [1.29, 1.82) is 0 Å². The molecule has 3 aromatic rings. The molecular weight excluding hydrogens is 270 g/mol. The van der Waals surface area contributed by atoms with E-state index < -0.39 is 10.8 Å². The van der Waals surface area contributed by atoms with Gasteiger partial charge in [0.05, 0.1) is 28.0 Å². The van der Waals surface area contributed by atoms with Crippen molar-refractivity contribution in [2.75, 3.05) is 5.75 Å². The lowest BCUT2D eigenvalue weighted by atomic mass is 10.2. The van der Waals surface area contributed by atoms with E-state index in [9.17, 15) is 4.21 Å². The first kappa shape index (κ1) is 12.7. The third kappa shape index (κ3) is 2.83. The van der Waals surface area contributed by atoms with Crippen LogP contribution in [0.1, 0.15) is 5.56 Å². The van der Waals surface area contributed by atoms with Crippen molar-refractivity contribution in [3.05, 3.63) is 60.4 Å². The van der Waals surface area contributed by atoms with E-state index in [1.807, 2.05) is 42.5 Å². The minimum Gasteiger partial charge on any atom is -0.330 e. The molecule has 0 spiro atoms. The minimum atomic E-state index is -1.17. The molecule has 5 heteroatoms. The summed E-state index contributed by atoms with van der Waals surface area (Å²) in [4.78, 5) is 11.3. The van der Waals surface area contributed by atoms with Gasteiger partial charge in [-0.1, -0.05) is 42.5 Å². The van der Waals surface area contributed by atoms with Gasteiger partial charge < -0.3 is 4.98 Å². The molecule has 20 heavy (non-hydrogen) atoms. The molecule has 1 unspecified atom stereocenters. The van der Waals surface area contributed by atoms with Crippen molar-refractivity contribution in [2.45, 2.75) is 5.16 Å². The molecule has 0 aliphatic rings. The summed E-state index contributed by atoms with van der Waals surface area (Å²) in [5.74, 6) is 0.433. The van der Waals surface area contributed by atoms with Gasteiger partial charge in [0.2, 0.25) is 0 Å². The van der Waals surface area contributed by atoms with Gasteiger partial charge in [-0.25, -0.2) is 4.98 Å². The summed E-state index contributed by atoms with van der Waals surface area (Å²) in [6, 6.07) is 11.7. The van der Waals surface area contributed by atoms with Crippen LogP contribution >= 0.6 is 0 Å². The largest absolute Gasteiger partial charge is 0.330 e. The van der Waals surface area contributed by atoms with Gasteiger partial charge in [0, 0.05) is 11.9 Å². The first-order valence-electron chi connectivity index (χ1n) is 6.22. The molecule has 2 heterocycles. The normalized spacial score (nSPS) is 13.0. The van der Waals surface area contributed by atoms with E-state index in [4.69, 9.17) is 0 Å². The van der Waals surface area contributed by atoms with E-state index in [1.54, 1.807) is 18.5 Å². The van der Waals surface area contributed by atoms with Crippen molar-refractivity contribution in [1.82, 2.24) is 15.0 Å². The zero-order valence-electron chi connectivity index (χ0n) is 10.7. The maximum absolute atomic E-state index is 12.2. The molecule has 4 nitrogen and oxygen atoms in total. The molecule has 0 aliphatic heterocycles. The van der Waals surface area contributed by atoms with Crippen LogP contribution in [0.5, 0.6) is 0 Å². The molecule has 0 fully saturated rings. The van der Waals surface area contributed by atoms with Gasteiger partial charge in [0.25, 0.3) is 0 Å². The van der Waals surface area contributed by atoms with Crippen molar-refractivity contribution >= 4 is 27.9 Å². The number of nitrogens with one attached hydrogen (secondary N) is 1.